The van der Waals surface area contributed by atoms with Crippen LogP contribution in [0, 0.1) is 5.92 Å². The van der Waals surface area contributed by atoms with Crippen molar-refractivity contribution in [3.63, 3.8) is 0 Å². The molecule has 0 aliphatic heterocycles. The molecule has 0 saturated heterocycles. The van der Waals surface area contributed by atoms with E-state index in [0.29, 0.717) is 6.42 Å². The number of ketones is 1. The quantitative estimate of drug-likeness (QED) is 0.0390. The molecule has 0 saturated carbocycles. The molecular weight excluding hydrogens is 416 g/mol. The van der Waals surface area contributed by atoms with Gasteiger partial charge in [-0.05, 0) is 51.0 Å². The molecule has 2 heteroatoms. The zero-order valence-corrected chi connectivity index (χ0v) is 23.0. The number of hydrogen-bond acceptors (Lipinski definition) is 2. The zero-order valence-electron chi connectivity index (χ0n) is 23.0. The number of hydrogen-bond donors (Lipinski definition) is 0. The third kappa shape index (κ3) is 24.0. The third-order valence-electron chi connectivity index (χ3n) is 6.81. The second-order valence-corrected chi connectivity index (χ2v) is 10.2. The summed E-state index contributed by atoms with van der Waals surface area (Å²) in [6.07, 6.45) is 37.8. The first-order chi connectivity index (χ1) is 16.8. The maximum Gasteiger partial charge on any atom is 0.165 e. The van der Waals surface area contributed by atoms with Gasteiger partial charge in [0.25, 0.3) is 0 Å². The Morgan fingerprint density at radius 2 is 0.912 bits per heavy atom. The lowest BCUT2D eigenvalue weighted by Crippen LogP contribution is -2.13. The van der Waals surface area contributed by atoms with E-state index in [1.807, 2.05) is 6.08 Å². The van der Waals surface area contributed by atoms with Crippen LogP contribution in [0.3, 0.4) is 0 Å². The maximum absolute atomic E-state index is 12.3. The second-order valence-electron chi connectivity index (χ2n) is 10.2. The lowest BCUT2D eigenvalue weighted by atomic mass is 9.97. The molecule has 0 bridgehead atoms. The van der Waals surface area contributed by atoms with Gasteiger partial charge in [0.1, 0.15) is 6.29 Å². The Hall–Kier alpha value is -1.18. The van der Waals surface area contributed by atoms with Crippen LogP contribution in [0.25, 0.3) is 0 Å². The van der Waals surface area contributed by atoms with E-state index >= 15 is 0 Å². The van der Waals surface area contributed by atoms with Crippen molar-refractivity contribution in [1.29, 1.82) is 0 Å². The average Bonchev–Trinajstić information content (AvgIpc) is 2.85. The van der Waals surface area contributed by atoms with Crippen LogP contribution in [0.15, 0.2) is 24.3 Å². The summed E-state index contributed by atoms with van der Waals surface area (Å²) in [6.45, 7) is 4.52. The van der Waals surface area contributed by atoms with Gasteiger partial charge < -0.3 is 4.79 Å². The highest BCUT2D eigenvalue weighted by Crippen LogP contribution is 2.14. The molecule has 0 aromatic heterocycles. The van der Waals surface area contributed by atoms with Gasteiger partial charge in [0.05, 0.1) is 5.92 Å². The van der Waals surface area contributed by atoms with Crippen molar-refractivity contribution in [2.75, 3.05) is 0 Å². The highest BCUT2D eigenvalue weighted by Gasteiger charge is 2.14. The summed E-state index contributed by atoms with van der Waals surface area (Å²) in [5.41, 5.74) is 0. The monoisotopic (exact) mass is 474 g/mol. The first kappa shape index (κ1) is 32.8. The molecule has 1 unspecified atom stereocenters. The maximum atomic E-state index is 12.3. The molecule has 0 rings (SSSR count). The van der Waals surface area contributed by atoms with E-state index in [1.165, 1.54) is 109 Å². The topological polar surface area (TPSA) is 34.1 Å². The average molecular weight is 475 g/mol. The standard InChI is InChI=1S/C32H58O2/c1-3-5-7-9-11-13-15-17-19-21-23-25-27-29-32(34)31(30-33)28-26-24-22-20-18-16-14-12-10-8-6-4-2/h14,16,27,29-31H,3-13,15,17-26,28H2,1-2H3/b16-14-,29-27?. The molecule has 0 aromatic rings. The van der Waals surface area contributed by atoms with Crippen LogP contribution < -0.4 is 0 Å². The number of allylic oxidation sites excluding steroid dienone is 4. The van der Waals surface area contributed by atoms with Crippen molar-refractivity contribution in [2.24, 2.45) is 5.92 Å². The van der Waals surface area contributed by atoms with Crippen LogP contribution in [0.1, 0.15) is 162 Å². The van der Waals surface area contributed by atoms with Gasteiger partial charge in [-0.2, -0.15) is 0 Å². The SMILES string of the molecule is CCCCCC/C=C\CCCCCCC(C=O)C(=O)C=CCCCCCCCCCCCCC. The summed E-state index contributed by atoms with van der Waals surface area (Å²) < 4.78 is 0. The fourth-order valence-electron chi connectivity index (χ4n) is 4.43. The Bertz CT molecular complexity index is 491. The molecule has 198 valence electrons. The van der Waals surface area contributed by atoms with E-state index in [0.717, 1.165) is 38.4 Å². The van der Waals surface area contributed by atoms with E-state index in [4.69, 9.17) is 0 Å². The Morgan fingerprint density at radius 3 is 1.38 bits per heavy atom. The van der Waals surface area contributed by atoms with Gasteiger partial charge in [0, 0.05) is 0 Å². The van der Waals surface area contributed by atoms with Crippen molar-refractivity contribution in [3.05, 3.63) is 24.3 Å². The Morgan fingerprint density at radius 1 is 0.529 bits per heavy atom. The van der Waals surface area contributed by atoms with Crippen LogP contribution in [0.5, 0.6) is 0 Å². The first-order valence-electron chi connectivity index (χ1n) is 15.1. The molecule has 0 N–H and O–H groups in total. The van der Waals surface area contributed by atoms with Gasteiger partial charge >= 0.3 is 0 Å². The predicted molar refractivity (Wildman–Crippen MR) is 150 cm³/mol. The van der Waals surface area contributed by atoms with E-state index in [9.17, 15) is 9.59 Å². The minimum atomic E-state index is -0.434. The zero-order chi connectivity index (χ0) is 25.0. The molecule has 0 amide bonds. The van der Waals surface area contributed by atoms with Crippen molar-refractivity contribution >= 4 is 12.1 Å². The summed E-state index contributed by atoms with van der Waals surface area (Å²) in [6, 6.07) is 0. The van der Waals surface area contributed by atoms with E-state index < -0.39 is 5.92 Å². The molecule has 0 spiro atoms. The van der Waals surface area contributed by atoms with E-state index in [1.54, 1.807) is 6.08 Å². The second kappa shape index (κ2) is 28.1. The van der Waals surface area contributed by atoms with Crippen molar-refractivity contribution in [1.82, 2.24) is 0 Å². The molecule has 2 nitrogen and oxygen atoms in total. The van der Waals surface area contributed by atoms with Crippen LogP contribution >= 0.6 is 0 Å². The summed E-state index contributed by atoms with van der Waals surface area (Å²) in [5.74, 6) is -0.430. The third-order valence-corrected chi connectivity index (χ3v) is 6.81. The van der Waals surface area contributed by atoms with Gasteiger partial charge in [-0.1, -0.05) is 135 Å². The molecule has 0 radical (unpaired) electrons. The molecule has 0 aliphatic rings. The molecule has 34 heavy (non-hydrogen) atoms. The summed E-state index contributed by atoms with van der Waals surface area (Å²) in [5, 5.41) is 0. The molecule has 0 aromatic carbocycles. The van der Waals surface area contributed by atoms with Gasteiger partial charge in [0.2, 0.25) is 0 Å². The minimum Gasteiger partial charge on any atom is -0.303 e. The number of carbonyl (C=O) groups excluding carboxylic acids is 2. The van der Waals surface area contributed by atoms with E-state index in [2.05, 4.69) is 26.0 Å². The van der Waals surface area contributed by atoms with Gasteiger partial charge in [-0.3, -0.25) is 4.79 Å². The molecular formula is C32H58O2. The fraction of sp³-hybridized carbons (Fsp3) is 0.812. The summed E-state index contributed by atoms with van der Waals surface area (Å²) >= 11 is 0. The molecule has 0 fully saturated rings. The van der Waals surface area contributed by atoms with Crippen molar-refractivity contribution in [3.8, 4) is 0 Å². The van der Waals surface area contributed by atoms with Gasteiger partial charge in [-0.15, -0.1) is 0 Å². The number of unbranched alkanes of at least 4 members (excludes halogenated alkanes) is 19. The largest absolute Gasteiger partial charge is 0.303 e. The molecule has 0 aliphatic carbocycles. The molecule has 1 atom stereocenters. The van der Waals surface area contributed by atoms with Crippen LogP contribution in [-0.2, 0) is 9.59 Å². The Balaban J connectivity index is 3.58. The van der Waals surface area contributed by atoms with Gasteiger partial charge in [0.15, 0.2) is 5.78 Å². The van der Waals surface area contributed by atoms with Crippen molar-refractivity contribution < 1.29 is 9.59 Å². The fourth-order valence-corrected chi connectivity index (χ4v) is 4.43. The van der Waals surface area contributed by atoms with Crippen LogP contribution in [0.4, 0.5) is 0 Å². The number of rotatable bonds is 27. The number of aldehydes is 1. The van der Waals surface area contributed by atoms with Crippen LogP contribution in [-0.4, -0.2) is 12.1 Å². The normalized spacial score (nSPS) is 12.6. The summed E-state index contributed by atoms with van der Waals surface area (Å²) in [7, 11) is 0. The highest BCUT2D eigenvalue weighted by molar-refractivity contribution is 6.00. The summed E-state index contributed by atoms with van der Waals surface area (Å²) in [4.78, 5) is 23.6. The van der Waals surface area contributed by atoms with Crippen molar-refractivity contribution in [2.45, 2.75) is 162 Å². The lowest BCUT2D eigenvalue weighted by Gasteiger charge is -2.06. The first-order valence-corrected chi connectivity index (χ1v) is 15.1. The smallest absolute Gasteiger partial charge is 0.165 e. The lowest BCUT2D eigenvalue weighted by molar-refractivity contribution is -0.124. The van der Waals surface area contributed by atoms with Crippen LogP contribution in [0.2, 0.25) is 0 Å². The Labute approximate surface area is 213 Å². The minimum absolute atomic E-state index is 0.00378. The Kier molecular flexibility index (Phi) is 27.1. The van der Waals surface area contributed by atoms with Gasteiger partial charge in [-0.25, -0.2) is 0 Å². The number of carbonyl (C=O) groups is 2. The molecule has 0 heterocycles. The predicted octanol–water partition coefficient (Wildman–Crippen LogP) is 10.5. The van der Waals surface area contributed by atoms with E-state index in [-0.39, 0.29) is 5.78 Å². The highest BCUT2D eigenvalue weighted by atomic mass is 16.1.